The molecule has 0 saturated carbocycles. The van der Waals surface area contributed by atoms with Gasteiger partial charge in [-0.15, -0.1) is 11.6 Å². The van der Waals surface area contributed by atoms with Gasteiger partial charge in [0.15, 0.2) is 0 Å². The quantitative estimate of drug-likeness (QED) is 0.666. The lowest BCUT2D eigenvalue weighted by Crippen LogP contribution is -2.22. The van der Waals surface area contributed by atoms with E-state index in [0.29, 0.717) is 11.3 Å². The Balaban J connectivity index is 3.06. The highest BCUT2D eigenvalue weighted by Gasteiger charge is 2.16. The number of alkyl halides is 1. The average Bonchev–Trinajstić information content (AvgIpc) is 2.30. The number of carbonyl (C=O) groups excluding carboxylic acids is 2. The fourth-order valence-electron chi connectivity index (χ4n) is 1.28. The summed E-state index contributed by atoms with van der Waals surface area (Å²) in [7, 11) is 1.29. The molecule has 4 nitrogen and oxygen atoms in total. The van der Waals surface area contributed by atoms with Crippen molar-refractivity contribution >= 4 is 29.2 Å². The van der Waals surface area contributed by atoms with Gasteiger partial charge in [-0.3, -0.25) is 4.79 Å². The molecule has 0 saturated heterocycles. The number of nitrogens with one attached hydrogen (secondary N) is 1. The molecule has 0 aliphatic heterocycles. The van der Waals surface area contributed by atoms with E-state index in [1.165, 1.54) is 7.11 Å². The van der Waals surface area contributed by atoms with Crippen molar-refractivity contribution in [1.29, 1.82) is 0 Å². The Morgan fingerprint density at radius 2 is 2.06 bits per heavy atom. The summed E-state index contributed by atoms with van der Waals surface area (Å²) in [6, 6.07) is 5.10. The van der Waals surface area contributed by atoms with Crippen LogP contribution in [0, 0.1) is 6.92 Å². The molecule has 0 aliphatic carbocycles. The minimum absolute atomic E-state index is 0.318. The first-order valence-corrected chi connectivity index (χ1v) is 5.53. The second-order valence-corrected chi connectivity index (χ2v) is 4.30. The number of amides is 1. The van der Waals surface area contributed by atoms with Crippen LogP contribution in [0.2, 0.25) is 0 Å². The third-order valence-corrected chi connectivity index (χ3v) is 2.40. The molecule has 0 fully saturated rings. The lowest BCUT2D eigenvalue weighted by molar-refractivity contribution is -0.115. The molecule has 1 aromatic rings. The van der Waals surface area contributed by atoms with Crippen LogP contribution in [-0.2, 0) is 9.53 Å². The zero-order chi connectivity index (χ0) is 13.0. The first-order chi connectivity index (χ1) is 7.95. The summed E-state index contributed by atoms with van der Waals surface area (Å²) in [6.07, 6.45) is 0. The minimum atomic E-state index is -0.665. The largest absolute Gasteiger partial charge is 0.465 e. The highest BCUT2D eigenvalue weighted by molar-refractivity contribution is 6.32. The Morgan fingerprint density at radius 3 is 2.59 bits per heavy atom. The monoisotopic (exact) mass is 255 g/mol. The van der Waals surface area contributed by atoms with E-state index in [1.54, 1.807) is 25.1 Å². The first kappa shape index (κ1) is 13.5. The van der Waals surface area contributed by atoms with Crippen molar-refractivity contribution in [3.8, 4) is 0 Å². The van der Waals surface area contributed by atoms with Gasteiger partial charge in [-0.2, -0.15) is 0 Å². The third-order valence-electron chi connectivity index (χ3n) is 2.20. The van der Waals surface area contributed by atoms with Crippen LogP contribution < -0.4 is 5.32 Å². The van der Waals surface area contributed by atoms with E-state index in [9.17, 15) is 9.59 Å². The van der Waals surface area contributed by atoms with Crippen molar-refractivity contribution < 1.29 is 14.3 Å². The molecular formula is C12H14ClNO3. The highest BCUT2D eigenvalue weighted by atomic mass is 35.5. The van der Waals surface area contributed by atoms with Crippen LogP contribution in [0.1, 0.15) is 22.8 Å². The fraction of sp³-hybridized carbons (Fsp3) is 0.333. The Bertz CT molecular complexity index is 443. The van der Waals surface area contributed by atoms with E-state index in [2.05, 4.69) is 10.1 Å². The maximum Gasteiger partial charge on any atom is 0.339 e. The van der Waals surface area contributed by atoms with Crippen molar-refractivity contribution in [3.05, 3.63) is 29.3 Å². The second kappa shape index (κ2) is 5.68. The number of methoxy groups -OCH3 is 1. The van der Waals surface area contributed by atoms with Crippen molar-refractivity contribution in [3.63, 3.8) is 0 Å². The molecule has 0 spiro atoms. The van der Waals surface area contributed by atoms with Gasteiger partial charge in [-0.25, -0.2) is 4.79 Å². The number of rotatable bonds is 3. The SMILES string of the molecule is COC(=O)c1cc(C)ccc1NC(=O)C(C)Cl. The molecule has 0 bridgehead atoms. The summed E-state index contributed by atoms with van der Waals surface area (Å²) in [4.78, 5) is 23.0. The van der Waals surface area contributed by atoms with Crippen LogP contribution >= 0.6 is 11.6 Å². The first-order valence-electron chi connectivity index (χ1n) is 5.09. The molecular weight excluding hydrogens is 242 g/mol. The van der Waals surface area contributed by atoms with E-state index in [1.807, 2.05) is 6.92 Å². The van der Waals surface area contributed by atoms with Crippen LogP contribution in [0.5, 0.6) is 0 Å². The lowest BCUT2D eigenvalue weighted by atomic mass is 10.1. The topological polar surface area (TPSA) is 55.4 Å². The number of ether oxygens (including phenoxy) is 1. The van der Waals surface area contributed by atoms with Crippen molar-refractivity contribution in [2.45, 2.75) is 19.2 Å². The summed E-state index contributed by atoms with van der Waals surface area (Å²) in [6.45, 7) is 3.41. The second-order valence-electron chi connectivity index (χ2n) is 3.65. The van der Waals surface area contributed by atoms with E-state index in [4.69, 9.17) is 11.6 Å². The van der Waals surface area contributed by atoms with Crippen LogP contribution in [0.25, 0.3) is 0 Å². The van der Waals surface area contributed by atoms with Crippen molar-refractivity contribution in [1.82, 2.24) is 0 Å². The summed E-state index contributed by atoms with van der Waals surface area (Å²) in [5.74, 6) is -0.855. The number of halogens is 1. The van der Waals surface area contributed by atoms with E-state index < -0.39 is 11.3 Å². The summed E-state index contributed by atoms with van der Waals surface area (Å²) >= 11 is 5.65. The van der Waals surface area contributed by atoms with Gasteiger partial charge >= 0.3 is 5.97 Å². The number of hydrogen-bond donors (Lipinski definition) is 1. The van der Waals surface area contributed by atoms with Gasteiger partial charge in [0.25, 0.3) is 0 Å². The Morgan fingerprint density at radius 1 is 1.41 bits per heavy atom. The van der Waals surface area contributed by atoms with Gasteiger partial charge < -0.3 is 10.1 Å². The molecule has 0 aliphatic rings. The molecule has 1 rings (SSSR count). The molecule has 1 amide bonds. The van der Waals surface area contributed by atoms with Gasteiger partial charge in [0.05, 0.1) is 18.4 Å². The zero-order valence-electron chi connectivity index (χ0n) is 9.91. The molecule has 1 aromatic carbocycles. The van der Waals surface area contributed by atoms with Gasteiger partial charge in [-0.1, -0.05) is 11.6 Å². The zero-order valence-corrected chi connectivity index (χ0v) is 10.7. The summed E-state index contributed by atoms with van der Waals surface area (Å²) in [5, 5.41) is 1.92. The number of esters is 1. The Labute approximate surface area is 105 Å². The summed E-state index contributed by atoms with van der Waals surface area (Å²) < 4.78 is 4.65. The molecule has 0 radical (unpaired) electrons. The minimum Gasteiger partial charge on any atom is -0.465 e. The van der Waals surface area contributed by atoms with Gasteiger partial charge in [0, 0.05) is 0 Å². The maximum absolute atomic E-state index is 11.5. The van der Waals surface area contributed by atoms with Crippen LogP contribution in [0.15, 0.2) is 18.2 Å². The lowest BCUT2D eigenvalue weighted by Gasteiger charge is -2.11. The highest BCUT2D eigenvalue weighted by Crippen LogP contribution is 2.19. The molecule has 1 unspecified atom stereocenters. The molecule has 17 heavy (non-hydrogen) atoms. The number of carbonyl (C=O) groups is 2. The molecule has 1 N–H and O–H groups in total. The van der Waals surface area contributed by atoms with Crippen LogP contribution in [0.4, 0.5) is 5.69 Å². The fourth-order valence-corrected chi connectivity index (χ4v) is 1.33. The predicted molar refractivity (Wildman–Crippen MR) is 66.5 cm³/mol. The number of anilines is 1. The normalized spacial score (nSPS) is 11.8. The molecule has 0 heterocycles. The Kier molecular flexibility index (Phi) is 4.52. The molecule has 1 atom stereocenters. The van der Waals surface area contributed by atoms with Gasteiger partial charge in [0.1, 0.15) is 5.38 Å². The Hall–Kier alpha value is -1.55. The van der Waals surface area contributed by atoms with Crippen LogP contribution in [0.3, 0.4) is 0 Å². The van der Waals surface area contributed by atoms with E-state index >= 15 is 0 Å². The van der Waals surface area contributed by atoms with Crippen LogP contribution in [-0.4, -0.2) is 24.4 Å². The number of aryl methyl sites for hydroxylation is 1. The average molecular weight is 256 g/mol. The smallest absolute Gasteiger partial charge is 0.339 e. The van der Waals surface area contributed by atoms with Gasteiger partial charge in [0.2, 0.25) is 5.91 Å². The van der Waals surface area contributed by atoms with Crippen molar-refractivity contribution in [2.75, 3.05) is 12.4 Å². The third kappa shape index (κ3) is 3.46. The number of benzene rings is 1. The van der Waals surface area contributed by atoms with Crippen molar-refractivity contribution in [2.24, 2.45) is 0 Å². The predicted octanol–water partition coefficient (Wildman–Crippen LogP) is 2.35. The number of hydrogen-bond acceptors (Lipinski definition) is 3. The van der Waals surface area contributed by atoms with E-state index in [0.717, 1.165) is 5.56 Å². The standard InChI is InChI=1S/C12H14ClNO3/c1-7-4-5-10(14-11(15)8(2)13)9(6-7)12(16)17-3/h4-6,8H,1-3H3,(H,14,15). The molecule has 92 valence electrons. The van der Waals surface area contributed by atoms with Gasteiger partial charge in [-0.05, 0) is 26.0 Å². The summed E-state index contributed by atoms with van der Waals surface area (Å²) in [5.41, 5.74) is 1.63. The molecule has 5 heteroatoms. The molecule has 0 aromatic heterocycles. The maximum atomic E-state index is 11.5. The van der Waals surface area contributed by atoms with E-state index in [-0.39, 0.29) is 5.91 Å².